The fourth-order valence-corrected chi connectivity index (χ4v) is 3.02. The zero-order valence-electron chi connectivity index (χ0n) is 13.9. The van der Waals surface area contributed by atoms with Gasteiger partial charge in [0.25, 0.3) is 5.91 Å². The highest BCUT2D eigenvalue weighted by atomic mass is 19.4. The second-order valence-electron chi connectivity index (χ2n) is 6.17. The van der Waals surface area contributed by atoms with Crippen LogP contribution < -0.4 is 10.1 Å². The van der Waals surface area contributed by atoms with E-state index in [0.717, 1.165) is 25.7 Å². The molecule has 0 atom stereocenters. The first-order valence-corrected chi connectivity index (χ1v) is 8.34. The summed E-state index contributed by atoms with van der Waals surface area (Å²) >= 11 is 0. The Kier molecular flexibility index (Phi) is 5.39. The first kappa shape index (κ1) is 18.2. The lowest BCUT2D eigenvalue weighted by atomic mass is 9.97. The summed E-state index contributed by atoms with van der Waals surface area (Å²) in [4.78, 5) is 20.4. The Labute approximate surface area is 148 Å². The fourth-order valence-electron chi connectivity index (χ4n) is 3.02. The van der Waals surface area contributed by atoms with Gasteiger partial charge in [0.1, 0.15) is 5.82 Å². The molecular formula is C18H18F3N3O2. The molecule has 2 heterocycles. The highest BCUT2D eigenvalue weighted by Gasteiger charge is 2.30. The summed E-state index contributed by atoms with van der Waals surface area (Å²) in [6.07, 6.45) is 2.00. The van der Waals surface area contributed by atoms with Crippen LogP contribution in [0.5, 0.6) is 5.88 Å². The van der Waals surface area contributed by atoms with Gasteiger partial charge in [0.05, 0.1) is 5.56 Å². The minimum atomic E-state index is -4.44. The minimum absolute atomic E-state index is 0.0494. The number of nitrogens with one attached hydrogen (secondary N) is 1. The van der Waals surface area contributed by atoms with E-state index in [9.17, 15) is 18.0 Å². The summed E-state index contributed by atoms with van der Waals surface area (Å²) in [5.74, 6) is -0.0351. The molecule has 8 heteroatoms. The van der Waals surface area contributed by atoms with Crippen molar-refractivity contribution in [2.24, 2.45) is 0 Å². The van der Waals surface area contributed by atoms with E-state index in [1.807, 2.05) is 0 Å². The third kappa shape index (κ3) is 4.71. The van der Waals surface area contributed by atoms with Gasteiger partial charge >= 0.3 is 6.18 Å². The van der Waals surface area contributed by atoms with Crippen LogP contribution >= 0.6 is 0 Å². The molecule has 0 saturated heterocycles. The Morgan fingerprint density at radius 2 is 2.00 bits per heavy atom. The maximum absolute atomic E-state index is 12.5. The number of rotatable bonds is 5. The van der Waals surface area contributed by atoms with Gasteiger partial charge in [-0.15, -0.1) is 0 Å². The van der Waals surface area contributed by atoms with Crippen molar-refractivity contribution in [3.8, 4) is 5.88 Å². The van der Waals surface area contributed by atoms with Gasteiger partial charge in [0.15, 0.2) is 6.61 Å². The van der Waals surface area contributed by atoms with Crippen LogP contribution in [0.25, 0.3) is 0 Å². The molecule has 0 bridgehead atoms. The summed E-state index contributed by atoms with van der Waals surface area (Å²) in [7, 11) is 0. The molecule has 0 spiro atoms. The van der Waals surface area contributed by atoms with Crippen LogP contribution in [-0.2, 0) is 0 Å². The SMILES string of the molecule is O=C(Nc1ccccn1)c1cnc(OCC(F)(F)F)c(C2CCCC2)c1. The van der Waals surface area contributed by atoms with Gasteiger partial charge in [-0.05, 0) is 37.0 Å². The molecule has 1 saturated carbocycles. The van der Waals surface area contributed by atoms with Gasteiger partial charge in [-0.25, -0.2) is 9.97 Å². The van der Waals surface area contributed by atoms with Crippen molar-refractivity contribution >= 4 is 11.7 Å². The molecular weight excluding hydrogens is 347 g/mol. The first-order valence-electron chi connectivity index (χ1n) is 8.34. The highest BCUT2D eigenvalue weighted by molar-refractivity contribution is 6.03. The van der Waals surface area contributed by atoms with Crippen molar-refractivity contribution in [3.63, 3.8) is 0 Å². The van der Waals surface area contributed by atoms with Gasteiger partial charge in [0, 0.05) is 18.0 Å². The Morgan fingerprint density at radius 1 is 1.23 bits per heavy atom. The molecule has 0 radical (unpaired) electrons. The lowest BCUT2D eigenvalue weighted by Gasteiger charge is -2.17. The van der Waals surface area contributed by atoms with E-state index in [4.69, 9.17) is 4.74 Å². The summed E-state index contributed by atoms with van der Waals surface area (Å²) in [5, 5.41) is 2.64. The molecule has 1 amide bonds. The molecule has 1 N–H and O–H groups in total. The highest BCUT2D eigenvalue weighted by Crippen LogP contribution is 2.38. The molecule has 0 unspecified atom stereocenters. The average Bonchev–Trinajstić information content (AvgIpc) is 3.14. The largest absolute Gasteiger partial charge is 0.468 e. The number of carbonyl (C=O) groups excluding carboxylic acids is 1. The van der Waals surface area contributed by atoms with E-state index >= 15 is 0 Å². The first-order chi connectivity index (χ1) is 12.4. The molecule has 3 rings (SSSR count). The lowest BCUT2D eigenvalue weighted by Crippen LogP contribution is -2.21. The maximum atomic E-state index is 12.5. The molecule has 1 fully saturated rings. The smallest absolute Gasteiger partial charge is 0.422 e. The standard InChI is InChI=1S/C18H18F3N3O2/c19-18(20,21)11-26-17-14(12-5-1-2-6-12)9-13(10-23-17)16(25)24-15-7-3-4-8-22-15/h3-4,7-10,12H,1-2,5-6,11H2,(H,22,24,25). The molecule has 138 valence electrons. The van der Waals surface area contributed by atoms with Gasteiger partial charge in [-0.3, -0.25) is 4.79 Å². The number of amides is 1. The van der Waals surface area contributed by atoms with Crippen LogP contribution in [0.2, 0.25) is 0 Å². The van der Waals surface area contributed by atoms with Crippen molar-refractivity contribution in [3.05, 3.63) is 47.8 Å². The van der Waals surface area contributed by atoms with Crippen LogP contribution in [0.4, 0.5) is 19.0 Å². The van der Waals surface area contributed by atoms with Crippen LogP contribution in [0, 0.1) is 0 Å². The van der Waals surface area contributed by atoms with Gasteiger partial charge in [-0.1, -0.05) is 18.9 Å². The zero-order valence-corrected chi connectivity index (χ0v) is 13.9. The number of pyridine rings is 2. The van der Waals surface area contributed by atoms with Crippen molar-refractivity contribution in [2.45, 2.75) is 37.8 Å². The van der Waals surface area contributed by atoms with Gasteiger partial charge < -0.3 is 10.1 Å². The number of carbonyl (C=O) groups is 1. The van der Waals surface area contributed by atoms with E-state index < -0.39 is 18.7 Å². The molecule has 26 heavy (non-hydrogen) atoms. The molecule has 0 aromatic carbocycles. The van der Waals surface area contributed by atoms with E-state index in [-0.39, 0.29) is 17.4 Å². The van der Waals surface area contributed by atoms with Crippen LogP contribution in [-0.4, -0.2) is 28.7 Å². The third-order valence-electron chi connectivity index (χ3n) is 4.22. The number of alkyl halides is 3. The summed E-state index contributed by atoms with van der Waals surface area (Å²) < 4.78 is 42.3. The molecule has 5 nitrogen and oxygen atoms in total. The lowest BCUT2D eigenvalue weighted by molar-refractivity contribution is -0.154. The second kappa shape index (κ2) is 7.72. The Morgan fingerprint density at radius 3 is 2.65 bits per heavy atom. The molecule has 2 aromatic heterocycles. The van der Waals surface area contributed by atoms with Crippen LogP contribution in [0.3, 0.4) is 0 Å². The predicted molar refractivity (Wildman–Crippen MR) is 89.2 cm³/mol. The van der Waals surface area contributed by atoms with Crippen molar-refractivity contribution in [1.29, 1.82) is 0 Å². The van der Waals surface area contributed by atoms with E-state index in [2.05, 4.69) is 15.3 Å². The monoisotopic (exact) mass is 365 g/mol. The topological polar surface area (TPSA) is 64.1 Å². The Hall–Kier alpha value is -2.64. The Bertz CT molecular complexity index is 760. The Balaban J connectivity index is 1.82. The number of hydrogen-bond acceptors (Lipinski definition) is 4. The predicted octanol–water partition coefficient (Wildman–Crippen LogP) is 4.33. The number of hydrogen-bond donors (Lipinski definition) is 1. The average molecular weight is 365 g/mol. The maximum Gasteiger partial charge on any atom is 0.422 e. The minimum Gasteiger partial charge on any atom is -0.468 e. The normalized spacial score (nSPS) is 15.0. The second-order valence-corrected chi connectivity index (χ2v) is 6.17. The van der Waals surface area contributed by atoms with Crippen molar-refractivity contribution in [2.75, 3.05) is 11.9 Å². The van der Waals surface area contributed by atoms with Crippen molar-refractivity contribution in [1.82, 2.24) is 9.97 Å². The zero-order chi connectivity index (χ0) is 18.6. The van der Waals surface area contributed by atoms with Gasteiger partial charge in [-0.2, -0.15) is 13.2 Å². The molecule has 2 aromatic rings. The summed E-state index contributed by atoms with van der Waals surface area (Å²) in [6.45, 7) is -1.40. The van der Waals surface area contributed by atoms with E-state index in [0.29, 0.717) is 11.4 Å². The molecule has 1 aliphatic carbocycles. The number of anilines is 1. The molecule has 0 aliphatic heterocycles. The number of nitrogens with zero attached hydrogens (tertiary/aromatic N) is 2. The number of aromatic nitrogens is 2. The van der Waals surface area contributed by atoms with Gasteiger partial charge in [0.2, 0.25) is 5.88 Å². The fraction of sp³-hybridized carbons (Fsp3) is 0.389. The van der Waals surface area contributed by atoms with Crippen LogP contribution in [0.1, 0.15) is 47.5 Å². The quantitative estimate of drug-likeness (QED) is 0.857. The van der Waals surface area contributed by atoms with E-state index in [1.165, 1.54) is 6.20 Å². The van der Waals surface area contributed by atoms with Crippen LogP contribution in [0.15, 0.2) is 36.7 Å². The van der Waals surface area contributed by atoms with Crippen molar-refractivity contribution < 1.29 is 22.7 Å². The third-order valence-corrected chi connectivity index (χ3v) is 4.22. The number of ether oxygens (including phenoxy) is 1. The summed E-state index contributed by atoms with van der Waals surface area (Å²) in [5.41, 5.74) is 0.817. The summed E-state index contributed by atoms with van der Waals surface area (Å²) in [6, 6.07) is 6.68. The molecule has 1 aliphatic rings. The van der Waals surface area contributed by atoms with E-state index in [1.54, 1.807) is 30.5 Å². The number of halogens is 3.